The molecule has 6 heteroatoms. The van der Waals surface area contributed by atoms with E-state index in [9.17, 15) is 9.90 Å². The summed E-state index contributed by atoms with van der Waals surface area (Å²) < 4.78 is 10.9. The highest BCUT2D eigenvalue weighted by Gasteiger charge is 2.26. The van der Waals surface area contributed by atoms with E-state index in [1.807, 2.05) is 25.1 Å². The Morgan fingerprint density at radius 2 is 1.92 bits per heavy atom. The van der Waals surface area contributed by atoms with Crippen LogP contribution in [0.3, 0.4) is 0 Å². The van der Waals surface area contributed by atoms with Gasteiger partial charge >= 0.3 is 6.09 Å². The van der Waals surface area contributed by atoms with Gasteiger partial charge in [-0.1, -0.05) is 39.0 Å². The molecule has 1 amide bonds. The van der Waals surface area contributed by atoms with E-state index in [2.05, 4.69) is 26.8 Å². The lowest BCUT2D eigenvalue weighted by molar-refractivity contribution is -0.907. The van der Waals surface area contributed by atoms with Gasteiger partial charge in [0.1, 0.15) is 25.0 Å². The zero-order valence-corrected chi connectivity index (χ0v) is 16.5. The normalized spacial score (nSPS) is 17.0. The summed E-state index contributed by atoms with van der Waals surface area (Å²) in [5.74, 6) is 0.834. The molecule has 1 fully saturated rings. The number of aliphatic hydroxyl groups is 1. The summed E-state index contributed by atoms with van der Waals surface area (Å²) in [6.07, 6.45) is -0.776. The van der Waals surface area contributed by atoms with Gasteiger partial charge in [0, 0.05) is 0 Å². The first-order chi connectivity index (χ1) is 12.3. The Labute approximate surface area is 156 Å². The van der Waals surface area contributed by atoms with Crippen LogP contribution in [0.4, 0.5) is 4.79 Å². The quantitative estimate of drug-likeness (QED) is 0.792. The van der Waals surface area contributed by atoms with Gasteiger partial charge in [0.25, 0.3) is 0 Å². The summed E-state index contributed by atoms with van der Waals surface area (Å²) in [6.45, 7) is 12.5. The highest BCUT2D eigenvalue weighted by atomic mass is 16.6. The van der Waals surface area contributed by atoms with E-state index in [0.717, 1.165) is 24.4 Å². The minimum atomic E-state index is -0.535. The van der Waals surface area contributed by atoms with Crippen molar-refractivity contribution in [2.24, 2.45) is 0 Å². The molecule has 0 radical (unpaired) electrons. The van der Waals surface area contributed by atoms with Crippen LogP contribution in [0.25, 0.3) is 0 Å². The topological polar surface area (TPSA) is 63.4 Å². The van der Waals surface area contributed by atoms with E-state index < -0.39 is 6.10 Å². The van der Waals surface area contributed by atoms with Gasteiger partial charge in [-0.05, 0) is 24.0 Å². The minimum absolute atomic E-state index is 0.00375. The molecule has 2 N–H and O–H groups in total. The van der Waals surface area contributed by atoms with Gasteiger partial charge in [-0.2, -0.15) is 0 Å². The molecule has 0 aromatic heterocycles. The van der Waals surface area contributed by atoms with Gasteiger partial charge in [-0.25, -0.2) is 4.79 Å². The summed E-state index contributed by atoms with van der Waals surface area (Å²) >= 11 is 0. The molecule has 1 aliphatic rings. The Kier molecular flexibility index (Phi) is 7.29. The summed E-state index contributed by atoms with van der Waals surface area (Å²) in [5.41, 5.74) is 1.14. The van der Waals surface area contributed by atoms with Gasteiger partial charge in [0.2, 0.25) is 0 Å². The van der Waals surface area contributed by atoms with Crippen LogP contribution >= 0.6 is 0 Å². The van der Waals surface area contributed by atoms with Crippen LogP contribution in [-0.2, 0) is 10.2 Å². The van der Waals surface area contributed by atoms with Crippen molar-refractivity contribution in [2.45, 2.75) is 39.2 Å². The van der Waals surface area contributed by atoms with Crippen LogP contribution in [0.5, 0.6) is 5.75 Å². The van der Waals surface area contributed by atoms with Crippen molar-refractivity contribution in [3.05, 3.63) is 29.8 Å². The number of carbonyl (C=O) groups excluding carboxylic acids is 1. The molecule has 6 nitrogen and oxygen atoms in total. The summed E-state index contributed by atoms with van der Waals surface area (Å²) in [7, 11) is 0. The fraction of sp³-hybridized carbons (Fsp3) is 0.650. The third-order valence-corrected chi connectivity index (χ3v) is 4.65. The lowest BCUT2D eigenvalue weighted by Crippen LogP contribution is -3.16. The van der Waals surface area contributed by atoms with Crippen LogP contribution < -0.4 is 9.64 Å². The second kappa shape index (κ2) is 9.24. The van der Waals surface area contributed by atoms with Crippen molar-refractivity contribution in [1.82, 2.24) is 4.90 Å². The standard InChI is InChI=1S/C20H32N2O4/c1-5-25-19(24)22-12-10-21(11-13-22)14-16(23)15-26-18-9-7-6-8-17(18)20(2,3)4/h6-9,16,23H,5,10-15H2,1-4H3/p+1/t16-/m0/s1. The van der Waals surface area contributed by atoms with Crippen molar-refractivity contribution < 1.29 is 24.3 Å². The number of hydrogen-bond donors (Lipinski definition) is 2. The maximum absolute atomic E-state index is 11.7. The van der Waals surface area contributed by atoms with Crippen LogP contribution in [0, 0.1) is 0 Å². The highest BCUT2D eigenvalue weighted by Crippen LogP contribution is 2.30. The van der Waals surface area contributed by atoms with Crippen LogP contribution in [0.2, 0.25) is 0 Å². The van der Waals surface area contributed by atoms with Gasteiger partial charge < -0.3 is 19.5 Å². The molecule has 146 valence electrons. The maximum Gasteiger partial charge on any atom is 0.410 e. The zero-order chi connectivity index (χ0) is 19.2. The van der Waals surface area contributed by atoms with Gasteiger partial charge in [0.05, 0.1) is 32.8 Å². The molecule has 1 saturated heterocycles. The summed E-state index contributed by atoms with van der Waals surface area (Å²) in [5, 5.41) is 10.4. The number of para-hydroxylation sites is 1. The van der Waals surface area contributed by atoms with Crippen molar-refractivity contribution in [2.75, 3.05) is 45.9 Å². The molecular weight excluding hydrogens is 332 g/mol. The number of carbonyl (C=O) groups is 1. The Bertz CT molecular complexity index is 577. The molecule has 0 spiro atoms. The van der Waals surface area contributed by atoms with E-state index >= 15 is 0 Å². The predicted octanol–water partition coefficient (Wildman–Crippen LogP) is 1.08. The molecule has 26 heavy (non-hydrogen) atoms. The van der Waals surface area contributed by atoms with Gasteiger partial charge in [-0.15, -0.1) is 0 Å². The number of rotatable bonds is 6. The second-order valence-electron chi connectivity index (χ2n) is 7.85. The predicted molar refractivity (Wildman–Crippen MR) is 101 cm³/mol. The Morgan fingerprint density at radius 1 is 1.27 bits per heavy atom. The summed E-state index contributed by atoms with van der Waals surface area (Å²) in [6, 6.07) is 7.99. The molecule has 1 heterocycles. The number of benzene rings is 1. The molecule has 1 atom stereocenters. The van der Waals surface area contributed by atoms with E-state index in [-0.39, 0.29) is 18.1 Å². The first kappa shape index (κ1) is 20.5. The van der Waals surface area contributed by atoms with E-state index in [0.29, 0.717) is 26.2 Å². The van der Waals surface area contributed by atoms with Crippen LogP contribution in [-0.4, -0.2) is 68.1 Å². The number of hydrogen-bond acceptors (Lipinski definition) is 4. The highest BCUT2D eigenvalue weighted by molar-refractivity contribution is 5.67. The smallest absolute Gasteiger partial charge is 0.410 e. The van der Waals surface area contributed by atoms with Gasteiger partial charge in [0.15, 0.2) is 0 Å². The van der Waals surface area contributed by atoms with E-state index in [1.165, 1.54) is 4.90 Å². The first-order valence-corrected chi connectivity index (χ1v) is 9.47. The molecular formula is C20H33N2O4+. The molecule has 0 aliphatic carbocycles. The van der Waals surface area contributed by atoms with Crippen molar-refractivity contribution in [3.63, 3.8) is 0 Å². The molecule has 2 rings (SSSR count). The van der Waals surface area contributed by atoms with Crippen molar-refractivity contribution in [3.8, 4) is 5.75 Å². The number of aliphatic hydroxyl groups excluding tert-OH is 1. The minimum Gasteiger partial charge on any atom is -0.490 e. The Balaban J connectivity index is 1.79. The zero-order valence-electron chi connectivity index (χ0n) is 16.5. The second-order valence-corrected chi connectivity index (χ2v) is 7.85. The number of piperazine rings is 1. The molecule has 0 saturated carbocycles. The average molecular weight is 365 g/mol. The van der Waals surface area contributed by atoms with E-state index in [4.69, 9.17) is 9.47 Å². The molecule has 0 bridgehead atoms. The maximum atomic E-state index is 11.7. The molecule has 1 aromatic rings. The van der Waals surface area contributed by atoms with Crippen LogP contribution in [0.1, 0.15) is 33.3 Å². The number of nitrogens with zero attached hydrogens (tertiary/aromatic N) is 1. The van der Waals surface area contributed by atoms with Crippen LogP contribution in [0.15, 0.2) is 24.3 Å². The monoisotopic (exact) mass is 365 g/mol. The first-order valence-electron chi connectivity index (χ1n) is 9.47. The van der Waals surface area contributed by atoms with Crippen molar-refractivity contribution >= 4 is 6.09 Å². The third kappa shape index (κ3) is 5.88. The lowest BCUT2D eigenvalue weighted by Gasteiger charge is -2.32. The van der Waals surface area contributed by atoms with Gasteiger partial charge in [-0.3, -0.25) is 4.90 Å². The SMILES string of the molecule is CCOC(=O)N1CC[NH+](C[C@H](O)COc2ccccc2C(C)(C)C)CC1. The molecule has 0 unspecified atom stereocenters. The fourth-order valence-electron chi connectivity index (χ4n) is 3.21. The Morgan fingerprint density at radius 3 is 2.54 bits per heavy atom. The number of ether oxygens (including phenoxy) is 2. The third-order valence-electron chi connectivity index (χ3n) is 4.65. The largest absolute Gasteiger partial charge is 0.490 e. The molecule has 1 aromatic carbocycles. The Hall–Kier alpha value is -1.79. The fourth-order valence-corrected chi connectivity index (χ4v) is 3.21. The lowest BCUT2D eigenvalue weighted by atomic mass is 9.86. The van der Waals surface area contributed by atoms with E-state index in [1.54, 1.807) is 4.90 Å². The number of amides is 1. The number of quaternary nitrogens is 1. The van der Waals surface area contributed by atoms with Crippen molar-refractivity contribution in [1.29, 1.82) is 0 Å². The average Bonchev–Trinajstić information content (AvgIpc) is 2.60. The molecule has 1 aliphatic heterocycles. The summed E-state index contributed by atoms with van der Waals surface area (Å²) in [4.78, 5) is 14.7. The number of nitrogens with one attached hydrogen (secondary N) is 1.